The third kappa shape index (κ3) is 12.8. The first-order valence-corrected chi connectivity index (χ1v) is 10.9. The second-order valence-corrected chi connectivity index (χ2v) is 8.65. The van der Waals surface area contributed by atoms with Crippen LogP contribution in [0.25, 0.3) is 0 Å². The van der Waals surface area contributed by atoms with Gasteiger partial charge in [-0.25, -0.2) is 0 Å². The number of rotatable bonds is 11. The monoisotopic (exact) mass is 372 g/mol. The third-order valence-corrected chi connectivity index (χ3v) is 5.45. The molecular weight excluding hydrogens is 328 g/mol. The van der Waals surface area contributed by atoms with Gasteiger partial charge in [0, 0.05) is 32.7 Å². The van der Waals surface area contributed by atoms with E-state index in [4.69, 9.17) is 0 Å². The number of likely N-dealkylation sites (N-methyl/N-ethyl adjacent to an activating group) is 1. The molecule has 0 saturated carbocycles. The van der Waals surface area contributed by atoms with E-state index in [0.29, 0.717) is 0 Å². The largest absolute Gasteiger partial charge is 0.304 e. The van der Waals surface area contributed by atoms with E-state index in [2.05, 4.69) is 75.8 Å². The van der Waals surface area contributed by atoms with E-state index < -0.39 is 0 Å². The third-order valence-electron chi connectivity index (χ3n) is 5.45. The average molecular weight is 373 g/mol. The minimum absolute atomic E-state index is 1.12. The zero-order chi connectivity index (χ0) is 20.1. The lowest BCUT2D eigenvalue weighted by Gasteiger charge is -2.31. The fraction of sp³-hybridized carbons (Fsp3) is 0.680. The Morgan fingerprint density at radius 1 is 0.630 bits per heavy atom. The Labute approximate surface area is 169 Å². The summed E-state index contributed by atoms with van der Waals surface area (Å²) in [5.74, 6) is 0. The number of hydrogen-bond acceptors (Lipinski definition) is 2. The quantitative estimate of drug-likeness (QED) is 0.388. The Morgan fingerprint density at radius 3 is 1.56 bits per heavy atom. The molecule has 1 aliphatic heterocycles. The van der Waals surface area contributed by atoms with E-state index in [1.165, 1.54) is 87.0 Å². The van der Waals surface area contributed by atoms with E-state index in [9.17, 15) is 0 Å². The van der Waals surface area contributed by atoms with Gasteiger partial charge in [-0.05, 0) is 80.2 Å². The Balaban J connectivity index is 2.19. The molecule has 0 unspecified atom stereocenters. The highest BCUT2D eigenvalue weighted by Crippen LogP contribution is 2.13. The molecule has 0 aromatic carbocycles. The van der Waals surface area contributed by atoms with Crippen molar-refractivity contribution in [1.29, 1.82) is 0 Å². The van der Waals surface area contributed by atoms with E-state index in [-0.39, 0.29) is 0 Å². The lowest BCUT2D eigenvalue weighted by atomic mass is 10.0. The number of hydrogen-bond donors (Lipinski definition) is 0. The molecule has 0 aromatic rings. The molecule has 1 fully saturated rings. The average Bonchev–Trinajstić information content (AvgIpc) is 2.61. The first kappa shape index (κ1) is 23.9. The zero-order valence-electron chi connectivity index (χ0n) is 19.0. The van der Waals surface area contributed by atoms with Gasteiger partial charge in [0.1, 0.15) is 0 Å². The van der Waals surface area contributed by atoms with Crippen LogP contribution in [0.1, 0.15) is 73.1 Å². The highest BCUT2D eigenvalue weighted by Gasteiger charge is 2.11. The molecular formula is C25H44N2. The van der Waals surface area contributed by atoms with Crippen LogP contribution in [0.4, 0.5) is 0 Å². The number of nitrogens with zero attached hydrogens (tertiary/aromatic N) is 2. The lowest BCUT2D eigenvalue weighted by molar-refractivity contribution is 0.166. The van der Waals surface area contributed by atoms with Gasteiger partial charge in [0.15, 0.2) is 0 Å². The van der Waals surface area contributed by atoms with Gasteiger partial charge >= 0.3 is 0 Å². The summed E-state index contributed by atoms with van der Waals surface area (Å²) in [5, 5.41) is 0. The first-order chi connectivity index (χ1) is 12.9. The maximum Gasteiger partial charge on any atom is 0.0166 e. The maximum absolute atomic E-state index is 2.57. The molecule has 0 aliphatic carbocycles. The zero-order valence-corrected chi connectivity index (χ0v) is 19.0. The van der Waals surface area contributed by atoms with Gasteiger partial charge in [0.2, 0.25) is 0 Å². The van der Waals surface area contributed by atoms with Crippen molar-refractivity contribution in [3.05, 3.63) is 46.6 Å². The number of piperazine rings is 1. The first-order valence-electron chi connectivity index (χ1n) is 10.9. The highest BCUT2D eigenvalue weighted by atomic mass is 15.2. The van der Waals surface area contributed by atoms with Gasteiger partial charge in [-0.15, -0.1) is 0 Å². The maximum atomic E-state index is 2.57. The minimum atomic E-state index is 1.12. The fourth-order valence-electron chi connectivity index (χ4n) is 3.30. The van der Waals surface area contributed by atoms with Crippen molar-refractivity contribution >= 4 is 0 Å². The smallest absolute Gasteiger partial charge is 0.0166 e. The Hall–Kier alpha value is -1.12. The van der Waals surface area contributed by atoms with Crippen molar-refractivity contribution < 1.29 is 0 Å². The van der Waals surface area contributed by atoms with E-state index >= 15 is 0 Å². The van der Waals surface area contributed by atoms with Crippen LogP contribution < -0.4 is 0 Å². The van der Waals surface area contributed by atoms with Crippen molar-refractivity contribution in [3.8, 4) is 0 Å². The summed E-state index contributed by atoms with van der Waals surface area (Å²) < 4.78 is 0. The normalized spacial score (nSPS) is 18.1. The Morgan fingerprint density at radius 2 is 1.07 bits per heavy atom. The lowest BCUT2D eigenvalue weighted by Crippen LogP contribution is -2.44. The molecule has 2 heteroatoms. The molecule has 2 nitrogen and oxygen atoms in total. The predicted molar refractivity (Wildman–Crippen MR) is 122 cm³/mol. The van der Waals surface area contributed by atoms with E-state index in [0.717, 1.165) is 6.54 Å². The summed E-state index contributed by atoms with van der Waals surface area (Å²) in [6.07, 6.45) is 16.8. The highest BCUT2D eigenvalue weighted by molar-refractivity contribution is 5.07. The van der Waals surface area contributed by atoms with Crippen LogP contribution in [0.5, 0.6) is 0 Å². The van der Waals surface area contributed by atoms with Crippen LogP contribution >= 0.6 is 0 Å². The minimum Gasteiger partial charge on any atom is -0.304 e. The molecule has 0 radical (unpaired) electrons. The van der Waals surface area contributed by atoms with Gasteiger partial charge < -0.3 is 4.90 Å². The molecule has 0 amide bonds. The molecule has 1 aliphatic rings. The predicted octanol–water partition coefficient (Wildman–Crippen LogP) is 6.38. The Bertz CT molecular complexity index is 525. The van der Waals surface area contributed by atoms with Gasteiger partial charge in [0.05, 0.1) is 0 Å². The SMILES string of the molecule is CC(C)=CCC/C(C)=C/CC/C(C)=C\CC/C(C)=C/CN1CCN(C)CC1. The standard InChI is InChI=1S/C25H44N2/c1-22(2)10-7-11-23(3)12-8-13-24(4)14-9-15-25(5)16-17-27-20-18-26(6)19-21-27/h10,12,14,16H,7-9,11,13,15,17-21H2,1-6H3/b23-12+,24-14-,25-16+. The van der Waals surface area contributed by atoms with E-state index in [1.807, 2.05) is 0 Å². The van der Waals surface area contributed by atoms with Crippen molar-refractivity contribution in [2.24, 2.45) is 0 Å². The summed E-state index contributed by atoms with van der Waals surface area (Å²) in [6.45, 7) is 17.2. The molecule has 0 N–H and O–H groups in total. The van der Waals surface area contributed by atoms with Crippen LogP contribution in [0, 0.1) is 0 Å². The van der Waals surface area contributed by atoms with Gasteiger partial charge in [-0.2, -0.15) is 0 Å². The summed E-state index contributed by atoms with van der Waals surface area (Å²) in [5.41, 5.74) is 6.03. The van der Waals surface area contributed by atoms with Crippen molar-refractivity contribution in [1.82, 2.24) is 9.80 Å². The van der Waals surface area contributed by atoms with Crippen molar-refractivity contribution in [2.75, 3.05) is 39.8 Å². The Kier molecular flexibility index (Phi) is 12.4. The van der Waals surface area contributed by atoms with Gasteiger partial charge in [0.25, 0.3) is 0 Å². The molecule has 1 saturated heterocycles. The van der Waals surface area contributed by atoms with Crippen LogP contribution in [0.3, 0.4) is 0 Å². The van der Waals surface area contributed by atoms with E-state index in [1.54, 1.807) is 0 Å². The summed E-state index contributed by atoms with van der Waals surface area (Å²) in [7, 11) is 2.22. The van der Waals surface area contributed by atoms with Crippen LogP contribution in [-0.2, 0) is 0 Å². The van der Waals surface area contributed by atoms with Crippen molar-refractivity contribution in [2.45, 2.75) is 73.1 Å². The fourth-order valence-corrected chi connectivity index (χ4v) is 3.30. The van der Waals surface area contributed by atoms with Crippen LogP contribution in [0.2, 0.25) is 0 Å². The molecule has 0 spiro atoms. The summed E-state index contributed by atoms with van der Waals surface area (Å²) in [6, 6.07) is 0. The van der Waals surface area contributed by atoms with Crippen molar-refractivity contribution in [3.63, 3.8) is 0 Å². The topological polar surface area (TPSA) is 6.48 Å². The molecule has 0 aromatic heterocycles. The van der Waals surface area contributed by atoms with Gasteiger partial charge in [-0.1, -0.05) is 46.6 Å². The number of allylic oxidation sites excluding steroid dienone is 7. The molecule has 27 heavy (non-hydrogen) atoms. The van der Waals surface area contributed by atoms with Crippen LogP contribution in [0.15, 0.2) is 46.6 Å². The molecule has 0 atom stereocenters. The van der Waals surface area contributed by atoms with Gasteiger partial charge in [-0.3, -0.25) is 4.90 Å². The second kappa shape index (κ2) is 14.0. The molecule has 154 valence electrons. The molecule has 1 rings (SSSR count). The van der Waals surface area contributed by atoms with Crippen LogP contribution in [-0.4, -0.2) is 49.6 Å². The summed E-state index contributed by atoms with van der Waals surface area (Å²) in [4.78, 5) is 4.98. The second-order valence-electron chi connectivity index (χ2n) is 8.65. The summed E-state index contributed by atoms with van der Waals surface area (Å²) >= 11 is 0. The molecule has 1 heterocycles. The molecule has 0 bridgehead atoms.